The van der Waals surface area contributed by atoms with Crippen LogP contribution in [0.5, 0.6) is 0 Å². The topological polar surface area (TPSA) is 43.4 Å². The monoisotopic (exact) mass is 210 g/mol. The molecule has 0 amide bonds. The molecule has 1 aromatic rings. The van der Waals surface area contributed by atoms with Crippen LogP contribution in [0.3, 0.4) is 0 Å². The summed E-state index contributed by atoms with van der Waals surface area (Å²) in [5, 5.41) is 0. The van der Waals surface area contributed by atoms with E-state index in [0.717, 1.165) is 0 Å². The Morgan fingerprint density at radius 1 is 1.53 bits per heavy atom. The summed E-state index contributed by atoms with van der Waals surface area (Å²) in [4.78, 5) is 21.7. The molecule has 0 N–H and O–H groups in total. The number of carbonyl (C=O) groups is 2. The van der Waals surface area contributed by atoms with Crippen LogP contribution < -0.4 is 0 Å². The van der Waals surface area contributed by atoms with E-state index in [2.05, 4.69) is 4.74 Å². The van der Waals surface area contributed by atoms with Crippen molar-refractivity contribution in [3.63, 3.8) is 0 Å². The maximum atomic E-state index is 13.2. The Bertz CT molecular complexity index is 399. The molecule has 0 fully saturated rings. The first-order valence-electron chi connectivity index (χ1n) is 4.40. The van der Waals surface area contributed by atoms with Crippen molar-refractivity contribution in [1.82, 2.24) is 0 Å². The molecular weight excluding hydrogens is 199 g/mol. The fourth-order valence-electron chi connectivity index (χ4n) is 1.32. The molecule has 0 aliphatic carbocycles. The SMILES string of the molecule is COC(=O)Cc1c(C)ccc(F)c1C=O. The number of methoxy groups -OCH3 is 1. The molecule has 0 spiro atoms. The fraction of sp³-hybridized carbons (Fsp3) is 0.273. The van der Waals surface area contributed by atoms with Crippen molar-refractivity contribution in [3.8, 4) is 0 Å². The number of benzene rings is 1. The van der Waals surface area contributed by atoms with Gasteiger partial charge in [0.05, 0.1) is 19.1 Å². The molecule has 0 radical (unpaired) electrons. The van der Waals surface area contributed by atoms with Crippen LogP contribution in [-0.4, -0.2) is 19.4 Å². The van der Waals surface area contributed by atoms with Crippen molar-refractivity contribution in [2.75, 3.05) is 7.11 Å². The van der Waals surface area contributed by atoms with E-state index in [1.165, 1.54) is 19.2 Å². The summed E-state index contributed by atoms with van der Waals surface area (Å²) in [6, 6.07) is 2.74. The van der Waals surface area contributed by atoms with Crippen molar-refractivity contribution in [2.24, 2.45) is 0 Å². The molecule has 0 unspecified atom stereocenters. The minimum Gasteiger partial charge on any atom is -0.469 e. The zero-order valence-corrected chi connectivity index (χ0v) is 8.54. The van der Waals surface area contributed by atoms with E-state index in [4.69, 9.17) is 0 Å². The number of halogens is 1. The fourth-order valence-corrected chi connectivity index (χ4v) is 1.32. The van der Waals surface area contributed by atoms with Gasteiger partial charge in [0.25, 0.3) is 0 Å². The zero-order valence-electron chi connectivity index (χ0n) is 8.54. The number of carbonyl (C=O) groups excluding carboxylic acids is 2. The molecule has 0 saturated heterocycles. The summed E-state index contributed by atoms with van der Waals surface area (Å²) in [5.74, 6) is -1.11. The molecule has 0 heterocycles. The van der Waals surface area contributed by atoms with Gasteiger partial charge in [0, 0.05) is 0 Å². The van der Waals surface area contributed by atoms with E-state index in [-0.39, 0.29) is 12.0 Å². The summed E-state index contributed by atoms with van der Waals surface area (Å²) in [5.41, 5.74) is 1.01. The van der Waals surface area contributed by atoms with E-state index in [9.17, 15) is 14.0 Å². The summed E-state index contributed by atoms with van der Waals surface area (Å²) < 4.78 is 17.7. The van der Waals surface area contributed by atoms with Crippen LogP contribution >= 0.6 is 0 Å². The highest BCUT2D eigenvalue weighted by Crippen LogP contribution is 2.17. The molecule has 15 heavy (non-hydrogen) atoms. The smallest absolute Gasteiger partial charge is 0.310 e. The summed E-state index contributed by atoms with van der Waals surface area (Å²) in [6.45, 7) is 1.71. The number of rotatable bonds is 3. The number of esters is 1. The average Bonchev–Trinajstić information content (AvgIpc) is 2.23. The molecule has 80 valence electrons. The van der Waals surface area contributed by atoms with Gasteiger partial charge in [-0.3, -0.25) is 9.59 Å². The van der Waals surface area contributed by atoms with E-state index >= 15 is 0 Å². The summed E-state index contributed by atoms with van der Waals surface area (Å²) in [7, 11) is 1.25. The largest absolute Gasteiger partial charge is 0.469 e. The number of hydrogen-bond acceptors (Lipinski definition) is 3. The molecule has 0 aromatic heterocycles. The van der Waals surface area contributed by atoms with Crippen molar-refractivity contribution < 1.29 is 18.7 Å². The molecule has 0 aliphatic heterocycles. The van der Waals surface area contributed by atoms with Crippen LogP contribution in [0.4, 0.5) is 4.39 Å². The zero-order chi connectivity index (χ0) is 11.4. The third-order valence-electron chi connectivity index (χ3n) is 2.20. The van der Waals surface area contributed by atoms with Gasteiger partial charge in [-0.25, -0.2) is 4.39 Å². The van der Waals surface area contributed by atoms with Gasteiger partial charge in [0.1, 0.15) is 5.82 Å². The van der Waals surface area contributed by atoms with Crippen LogP contribution in [0, 0.1) is 12.7 Å². The number of aryl methyl sites for hydroxylation is 1. The van der Waals surface area contributed by atoms with Gasteiger partial charge >= 0.3 is 5.97 Å². The maximum absolute atomic E-state index is 13.2. The first-order valence-corrected chi connectivity index (χ1v) is 4.40. The van der Waals surface area contributed by atoms with Gasteiger partial charge in [-0.2, -0.15) is 0 Å². The van der Waals surface area contributed by atoms with Crippen LogP contribution in [0.25, 0.3) is 0 Å². The molecule has 0 atom stereocenters. The summed E-state index contributed by atoms with van der Waals surface area (Å²) in [6.07, 6.45) is 0.328. The molecular formula is C11H11FO3. The Kier molecular flexibility index (Phi) is 3.55. The first kappa shape index (κ1) is 11.4. The molecule has 3 nitrogen and oxygen atoms in total. The molecule has 1 aromatic carbocycles. The van der Waals surface area contributed by atoms with Gasteiger partial charge < -0.3 is 4.74 Å². The van der Waals surface area contributed by atoms with Crippen LogP contribution in [0.2, 0.25) is 0 Å². The van der Waals surface area contributed by atoms with Crippen molar-refractivity contribution in [3.05, 3.63) is 34.6 Å². The maximum Gasteiger partial charge on any atom is 0.310 e. The second-order valence-electron chi connectivity index (χ2n) is 3.13. The molecule has 1 rings (SSSR count). The molecule has 0 saturated carbocycles. The Balaban J connectivity index is 3.19. The van der Waals surface area contributed by atoms with E-state index in [1.807, 2.05) is 0 Å². The van der Waals surface area contributed by atoms with Crippen LogP contribution in [-0.2, 0) is 16.0 Å². The average molecular weight is 210 g/mol. The normalized spacial score (nSPS) is 9.80. The van der Waals surface area contributed by atoms with Gasteiger partial charge in [0.2, 0.25) is 0 Å². The van der Waals surface area contributed by atoms with Gasteiger partial charge in [-0.15, -0.1) is 0 Å². The number of hydrogen-bond donors (Lipinski definition) is 0. The van der Waals surface area contributed by atoms with Crippen LogP contribution in [0.15, 0.2) is 12.1 Å². The predicted octanol–water partition coefficient (Wildman–Crippen LogP) is 1.66. The molecule has 0 bridgehead atoms. The minimum atomic E-state index is -0.616. The van der Waals surface area contributed by atoms with E-state index < -0.39 is 11.8 Å². The minimum absolute atomic E-state index is 0.0691. The van der Waals surface area contributed by atoms with Gasteiger partial charge in [0.15, 0.2) is 6.29 Å². The Morgan fingerprint density at radius 3 is 2.73 bits per heavy atom. The summed E-state index contributed by atoms with van der Waals surface area (Å²) >= 11 is 0. The third kappa shape index (κ3) is 2.40. The van der Waals surface area contributed by atoms with E-state index in [0.29, 0.717) is 17.4 Å². The second-order valence-corrected chi connectivity index (χ2v) is 3.13. The molecule has 4 heteroatoms. The Hall–Kier alpha value is -1.71. The Morgan fingerprint density at radius 2 is 2.20 bits per heavy atom. The highest BCUT2D eigenvalue weighted by Gasteiger charge is 2.14. The highest BCUT2D eigenvalue weighted by atomic mass is 19.1. The Labute approximate surface area is 86.9 Å². The van der Waals surface area contributed by atoms with Gasteiger partial charge in [-0.05, 0) is 24.1 Å². The van der Waals surface area contributed by atoms with Gasteiger partial charge in [-0.1, -0.05) is 6.07 Å². The molecule has 0 aliphatic rings. The number of ether oxygens (including phenoxy) is 1. The quantitative estimate of drug-likeness (QED) is 0.563. The predicted molar refractivity (Wildman–Crippen MR) is 52.2 cm³/mol. The lowest BCUT2D eigenvalue weighted by molar-refractivity contribution is -0.139. The van der Waals surface area contributed by atoms with Crippen molar-refractivity contribution in [2.45, 2.75) is 13.3 Å². The van der Waals surface area contributed by atoms with Crippen LogP contribution in [0.1, 0.15) is 21.5 Å². The lowest BCUT2D eigenvalue weighted by atomic mass is 9.99. The number of aldehydes is 1. The lowest BCUT2D eigenvalue weighted by Crippen LogP contribution is -2.09. The highest BCUT2D eigenvalue weighted by molar-refractivity contribution is 5.82. The van der Waals surface area contributed by atoms with E-state index in [1.54, 1.807) is 6.92 Å². The van der Waals surface area contributed by atoms with Crippen molar-refractivity contribution >= 4 is 12.3 Å². The first-order chi connectivity index (χ1) is 7.10. The standard InChI is InChI=1S/C11H11FO3/c1-7-3-4-10(12)9(6-13)8(7)5-11(14)15-2/h3-4,6H,5H2,1-2H3. The lowest BCUT2D eigenvalue weighted by Gasteiger charge is -2.08. The van der Waals surface area contributed by atoms with Crippen molar-refractivity contribution in [1.29, 1.82) is 0 Å². The third-order valence-corrected chi connectivity index (χ3v) is 2.20. The second kappa shape index (κ2) is 4.68.